The Kier molecular flexibility index (Phi) is 5.70. The summed E-state index contributed by atoms with van der Waals surface area (Å²) in [5.41, 5.74) is 5.18. The fourth-order valence-corrected chi connectivity index (χ4v) is 1.05. The topological polar surface area (TPSA) is 89.4 Å². The van der Waals surface area contributed by atoms with Gasteiger partial charge in [0.2, 0.25) is 7.28 Å². The van der Waals surface area contributed by atoms with Crippen LogP contribution < -0.4 is 11.6 Å². The van der Waals surface area contributed by atoms with Gasteiger partial charge in [-0.1, -0.05) is 20.7 Å². The van der Waals surface area contributed by atoms with Gasteiger partial charge in [0.15, 0.2) is 0 Å². The molecule has 1 radical (unpaired) electrons. The summed E-state index contributed by atoms with van der Waals surface area (Å²) in [5.74, 6) is 5.66. The third-order valence-electron chi connectivity index (χ3n) is 2.00. The third kappa shape index (κ3) is 4.16. The maximum Gasteiger partial charge on any atom is 0.208 e. The standard InChI is InChI=1S/C9H17BN3O2/c1-6(2)8(5-14)13(12)4-7(11)9(15)10-3/h4-6,8H,11-12H2,1-3H3/b7-4-. The molecule has 0 spiro atoms. The number of nitrogens with two attached hydrogens (primary N) is 2. The number of hydrazine groups is 1. The van der Waals surface area contributed by atoms with Gasteiger partial charge in [-0.2, -0.15) is 0 Å². The van der Waals surface area contributed by atoms with Gasteiger partial charge in [0.25, 0.3) is 0 Å². The molecule has 1 unspecified atom stereocenters. The van der Waals surface area contributed by atoms with Gasteiger partial charge in [0.1, 0.15) is 18.0 Å². The quantitative estimate of drug-likeness (QED) is 0.202. The zero-order chi connectivity index (χ0) is 12.0. The van der Waals surface area contributed by atoms with E-state index >= 15 is 0 Å². The largest absolute Gasteiger partial charge is 0.395 e. The summed E-state index contributed by atoms with van der Waals surface area (Å²) in [6.07, 6.45) is 2.01. The maximum absolute atomic E-state index is 11.1. The van der Waals surface area contributed by atoms with Gasteiger partial charge >= 0.3 is 0 Å². The second-order valence-electron chi connectivity index (χ2n) is 3.56. The molecule has 0 amide bonds. The van der Waals surface area contributed by atoms with Gasteiger partial charge in [-0.25, -0.2) is 5.84 Å². The lowest BCUT2D eigenvalue weighted by Gasteiger charge is -2.24. The lowest BCUT2D eigenvalue weighted by atomic mass is 9.75. The number of carbonyl (C=O) groups is 2. The molecule has 0 aliphatic heterocycles. The molecule has 0 aliphatic rings. The minimum absolute atomic E-state index is 0.0208. The van der Waals surface area contributed by atoms with E-state index in [4.69, 9.17) is 11.6 Å². The first kappa shape index (κ1) is 13.7. The van der Waals surface area contributed by atoms with Crippen LogP contribution in [0.15, 0.2) is 11.9 Å². The van der Waals surface area contributed by atoms with Crippen LogP contribution in [0, 0.1) is 5.92 Å². The second kappa shape index (κ2) is 6.24. The van der Waals surface area contributed by atoms with E-state index in [0.29, 0.717) is 0 Å². The van der Waals surface area contributed by atoms with Crippen molar-refractivity contribution in [2.24, 2.45) is 17.5 Å². The van der Waals surface area contributed by atoms with Gasteiger partial charge < -0.3 is 20.3 Å². The van der Waals surface area contributed by atoms with Crippen molar-refractivity contribution in [2.75, 3.05) is 0 Å². The first-order valence-corrected chi connectivity index (χ1v) is 4.73. The highest BCUT2D eigenvalue weighted by molar-refractivity contribution is 6.76. The van der Waals surface area contributed by atoms with Gasteiger partial charge in [0, 0.05) is 6.20 Å². The summed E-state index contributed by atoms with van der Waals surface area (Å²) >= 11 is 0. The maximum atomic E-state index is 11.1. The number of aldehydes is 1. The Balaban J connectivity index is 4.63. The molecule has 0 saturated carbocycles. The lowest BCUT2D eigenvalue weighted by molar-refractivity contribution is -0.113. The highest BCUT2D eigenvalue weighted by Gasteiger charge is 2.17. The molecule has 0 fully saturated rings. The van der Waals surface area contributed by atoms with E-state index in [1.165, 1.54) is 13.5 Å². The van der Waals surface area contributed by atoms with E-state index in [1.807, 2.05) is 13.8 Å². The normalized spacial score (nSPS) is 13.5. The van der Waals surface area contributed by atoms with Crippen molar-refractivity contribution >= 4 is 19.2 Å². The zero-order valence-corrected chi connectivity index (χ0v) is 9.31. The SMILES string of the molecule is C[B]C(=O)/C(N)=C/N(N)C(C=O)C(C)C. The Morgan fingerprint density at radius 1 is 1.47 bits per heavy atom. The van der Waals surface area contributed by atoms with Crippen LogP contribution in [0.3, 0.4) is 0 Å². The van der Waals surface area contributed by atoms with Crippen molar-refractivity contribution in [2.45, 2.75) is 26.7 Å². The first-order chi connectivity index (χ1) is 6.93. The second-order valence-corrected chi connectivity index (χ2v) is 3.56. The first-order valence-electron chi connectivity index (χ1n) is 4.73. The molecule has 0 aromatic carbocycles. The van der Waals surface area contributed by atoms with Crippen molar-refractivity contribution < 1.29 is 9.59 Å². The fraction of sp³-hybridized carbons (Fsp3) is 0.556. The highest BCUT2D eigenvalue weighted by Crippen LogP contribution is 2.05. The number of carbonyl (C=O) groups excluding carboxylic acids is 2. The molecule has 0 saturated heterocycles. The van der Waals surface area contributed by atoms with Crippen LogP contribution in [0.5, 0.6) is 0 Å². The molecule has 0 aromatic rings. The van der Waals surface area contributed by atoms with Crippen LogP contribution in [0.4, 0.5) is 0 Å². The Bertz CT molecular complexity index is 266. The van der Waals surface area contributed by atoms with Crippen LogP contribution in [0.2, 0.25) is 6.82 Å². The summed E-state index contributed by atoms with van der Waals surface area (Å²) in [4.78, 5) is 21.8. The Labute approximate surface area is 90.7 Å². The molecular weight excluding hydrogens is 193 g/mol. The van der Waals surface area contributed by atoms with E-state index in [-0.39, 0.29) is 17.3 Å². The highest BCUT2D eigenvalue weighted by atomic mass is 16.1. The van der Waals surface area contributed by atoms with Crippen LogP contribution in [0.25, 0.3) is 0 Å². The summed E-state index contributed by atoms with van der Waals surface area (Å²) in [6.45, 7) is 5.30. The molecule has 0 aromatic heterocycles. The minimum atomic E-state index is -0.479. The van der Waals surface area contributed by atoms with Gasteiger partial charge in [0.05, 0.1) is 5.70 Å². The average molecular weight is 210 g/mol. The van der Waals surface area contributed by atoms with Crippen LogP contribution in [0.1, 0.15) is 13.8 Å². The Hall–Kier alpha value is -1.30. The molecule has 0 heterocycles. The van der Waals surface area contributed by atoms with Gasteiger partial charge in [-0.3, -0.25) is 0 Å². The van der Waals surface area contributed by atoms with Crippen molar-refractivity contribution in [1.82, 2.24) is 5.01 Å². The van der Waals surface area contributed by atoms with Crippen LogP contribution in [-0.2, 0) is 9.59 Å². The van der Waals surface area contributed by atoms with Crippen molar-refractivity contribution in [3.05, 3.63) is 11.9 Å². The Morgan fingerprint density at radius 3 is 2.33 bits per heavy atom. The third-order valence-corrected chi connectivity index (χ3v) is 2.00. The van der Waals surface area contributed by atoms with E-state index in [1.54, 1.807) is 6.82 Å². The predicted octanol–water partition coefficient (Wildman–Crippen LogP) is -0.535. The van der Waals surface area contributed by atoms with Crippen LogP contribution in [-0.4, -0.2) is 30.3 Å². The molecule has 0 bridgehead atoms. The molecule has 4 N–H and O–H groups in total. The lowest BCUT2D eigenvalue weighted by Crippen LogP contribution is -2.42. The molecular formula is C9H17BN3O2. The molecule has 0 aliphatic carbocycles. The van der Waals surface area contributed by atoms with Gasteiger partial charge in [-0.05, 0) is 5.92 Å². The van der Waals surface area contributed by atoms with E-state index in [0.717, 1.165) is 11.3 Å². The van der Waals surface area contributed by atoms with Crippen molar-refractivity contribution in [3.8, 4) is 0 Å². The van der Waals surface area contributed by atoms with E-state index in [2.05, 4.69) is 0 Å². The number of nitrogens with zero attached hydrogens (tertiary/aromatic N) is 1. The predicted molar refractivity (Wildman–Crippen MR) is 59.6 cm³/mol. The minimum Gasteiger partial charge on any atom is -0.395 e. The molecule has 6 heteroatoms. The number of hydrogen-bond donors (Lipinski definition) is 2. The van der Waals surface area contributed by atoms with Gasteiger partial charge in [-0.15, -0.1) is 0 Å². The molecule has 83 valence electrons. The number of hydrogen-bond acceptors (Lipinski definition) is 5. The average Bonchev–Trinajstić information content (AvgIpc) is 2.16. The molecule has 5 nitrogen and oxygen atoms in total. The molecule has 15 heavy (non-hydrogen) atoms. The summed E-state index contributed by atoms with van der Waals surface area (Å²) in [5, 5.41) is 1.16. The summed E-state index contributed by atoms with van der Waals surface area (Å²) in [7, 11) is 1.34. The summed E-state index contributed by atoms with van der Waals surface area (Å²) < 4.78 is 0. The fourth-order valence-electron chi connectivity index (χ4n) is 1.05. The number of rotatable bonds is 6. The smallest absolute Gasteiger partial charge is 0.208 e. The number of allylic oxidation sites excluding steroid dienone is 1. The molecule has 1 atom stereocenters. The Morgan fingerprint density at radius 2 is 2.00 bits per heavy atom. The van der Waals surface area contributed by atoms with E-state index < -0.39 is 6.04 Å². The zero-order valence-electron chi connectivity index (χ0n) is 9.31. The molecule has 0 rings (SSSR count). The van der Waals surface area contributed by atoms with Crippen LogP contribution >= 0.6 is 0 Å². The van der Waals surface area contributed by atoms with Crippen molar-refractivity contribution in [1.29, 1.82) is 0 Å². The van der Waals surface area contributed by atoms with E-state index in [9.17, 15) is 9.59 Å². The van der Waals surface area contributed by atoms with Crippen molar-refractivity contribution in [3.63, 3.8) is 0 Å². The summed E-state index contributed by atoms with van der Waals surface area (Å²) in [6, 6.07) is -0.479. The monoisotopic (exact) mass is 210 g/mol.